The minimum atomic E-state index is -3.77. The summed E-state index contributed by atoms with van der Waals surface area (Å²) >= 11 is 0. The molecule has 15 nitrogen and oxygen atoms in total. The molecule has 0 radical (unpaired) electrons. The van der Waals surface area contributed by atoms with Crippen molar-refractivity contribution in [2.24, 2.45) is 0 Å². The molecule has 4 heterocycles. The van der Waals surface area contributed by atoms with Crippen molar-refractivity contribution in [2.45, 2.75) is 26.7 Å². The lowest BCUT2D eigenvalue weighted by Crippen LogP contribution is -2.29. The number of rotatable bonds is 10. The molecule has 228 valence electrons. The highest BCUT2D eigenvalue weighted by atomic mass is 32.2. The van der Waals surface area contributed by atoms with E-state index in [1.807, 2.05) is 60.7 Å². The van der Waals surface area contributed by atoms with Gasteiger partial charge in [-0.05, 0) is 11.1 Å². The van der Waals surface area contributed by atoms with E-state index < -0.39 is 15.8 Å². The Morgan fingerprint density at radius 2 is 1.32 bits per heavy atom. The van der Waals surface area contributed by atoms with Crippen LogP contribution in [0.5, 0.6) is 0 Å². The minimum Gasteiger partial charge on any atom is -0.354 e. The van der Waals surface area contributed by atoms with Crippen molar-refractivity contribution < 1.29 is 17.9 Å². The van der Waals surface area contributed by atoms with Crippen molar-refractivity contribution in [1.82, 2.24) is 42.8 Å². The summed E-state index contributed by atoms with van der Waals surface area (Å²) in [6, 6.07) is 19.3. The molecule has 6 aromatic rings. The quantitative estimate of drug-likeness (QED) is 0.238. The maximum absolute atomic E-state index is 12.4. The van der Waals surface area contributed by atoms with Crippen LogP contribution in [0.15, 0.2) is 95.3 Å². The largest absolute Gasteiger partial charge is 0.354 e. The summed E-state index contributed by atoms with van der Waals surface area (Å²) in [5.74, 6) is 0. The number of hydrogen-bond acceptors (Lipinski definition) is 10. The summed E-state index contributed by atoms with van der Waals surface area (Å²) in [7, 11) is -0.982. The molecule has 1 N–H and O–H groups in total. The van der Waals surface area contributed by atoms with Gasteiger partial charge in [-0.25, -0.2) is 23.3 Å². The van der Waals surface area contributed by atoms with Crippen LogP contribution in [0.3, 0.4) is 0 Å². The Kier molecular flexibility index (Phi) is 9.35. The average molecular weight is 620 g/mol. The van der Waals surface area contributed by atoms with Gasteiger partial charge in [-0.15, -0.1) is 0 Å². The first-order valence-electron chi connectivity index (χ1n) is 13.2. The predicted molar refractivity (Wildman–Crippen MR) is 160 cm³/mol. The number of nitrogens with one attached hydrogen (secondary N) is 1. The number of aromatic amines is 1. The lowest BCUT2D eigenvalue weighted by atomic mass is 10.2. The van der Waals surface area contributed by atoms with Crippen LogP contribution in [0.1, 0.15) is 11.1 Å². The fourth-order valence-electron chi connectivity index (χ4n) is 3.99. The molecule has 0 saturated heterocycles. The Balaban J connectivity index is 0.000000181. The Bertz CT molecular complexity index is 2070. The van der Waals surface area contributed by atoms with Gasteiger partial charge in [0.2, 0.25) is 0 Å². The lowest BCUT2D eigenvalue weighted by Gasteiger charge is -2.12. The Morgan fingerprint density at radius 1 is 0.773 bits per heavy atom. The zero-order valence-electron chi connectivity index (χ0n) is 23.8. The van der Waals surface area contributed by atoms with E-state index in [1.165, 1.54) is 31.3 Å². The van der Waals surface area contributed by atoms with Gasteiger partial charge in [0.25, 0.3) is 11.1 Å². The Hall–Kier alpha value is -5.03. The molecule has 16 heteroatoms. The van der Waals surface area contributed by atoms with Crippen molar-refractivity contribution in [2.75, 3.05) is 14.1 Å². The normalized spacial score (nSPS) is 11.6. The van der Waals surface area contributed by atoms with Crippen molar-refractivity contribution >= 4 is 32.3 Å². The second-order valence-electron chi connectivity index (χ2n) is 9.55. The highest BCUT2D eigenvalue weighted by molar-refractivity contribution is 7.87. The summed E-state index contributed by atoms with van der Waals surface area (Å²) in [6.45, 7) is 0.817. The monoisotopic (exact) mass is 619 g/mol. The molecule has 0 atom stereocenters. The molecule has 0 bridgehead atoms. The molecule has 0 amide bonds. The van der Waals surface area contributed by atoms with Gasteiger partial charge in [-0.1, -0.05) is 60.7 Å². The maximum Gasteiger partial charge on any atom is 0.308 e. The molecule has 6 rings (SSSR count). The topological polar surface area (TPSA) is 172 Å². The summed E-state index contributed by atoms with van der Waals surface area (Å²) < 4.78 is 39.7. The summed E-state index contributed by atoms with van der Waals surface area (Å²) in [5, 5.41) is 8.00. The summed E-state index contributed by atoms with van der Waals surface area (Å²) in [6.07, 6.45) is 5.42. The van der Waals surface area contributed by atoms with Crippen molar-refractivity contribution in [3.05, 3.63) is 118 Å². The zero-order valence-corrected chi connectivity index (χ0v) is 24.7. The van der Waals surface area contributed by atoms with Crippen LogP contribution in [0, 0.1) is 0 Å². The molecule has 4 aromatic heterocycles. The lowest BCUT2D eigenvalue weighted by molar-refractivity contribution is 0.0532. The van der Waals surface area contributed by atoms with Gasteiger partial charge in [-0.2, -0.15) is 22.9 Å². The summed E-state index contributed by atoms with van der Waals surface area (Å²) in [4.78, 5) is 35.1. The van der Waals surface area contributed by atoms with Crippen LogP contribution in [-0.4, -0.2) is 65.3 Å². The molecule has 0 fully saturated rings. The molecule has 44 heavy (non-hydrogen) atoms. The molecular formula is C28H29N9O6S. The number of ether oxygens (including phenoxy) is 2. The van der Waals surface area contributed by atoms with E-state index >= 15 is 0 Å². The predicted octanol–water partition coefficient (Wildman–Crippen LogP) is 1.72. The fraction of sp³-hybridized carbons (Fsp3) is 0.214. The van der Waals surface area contributed by atoms with Crippen LogP contribution < -0.4 is 11.1 Å². The van der Waals surface area contributed by atoms with Gasteiger partial charge in [0.05, 0.1) is 37.5 Å². The molecule has 2 aromatic carbocycles. The van der Waals surface area contributed by atoms with Crippen molar-refractivity contribution in [1.29, 1.82) is 0 Å². The number of aromatic nitrogens is 8. The fourth-order valence-corrected chi connectivity index (χ4v) is 4.89. The summed E-state index contributed by atoms with van der Waals surface area (Å²) in [5.41, 5.74) is 2.39. The number of benzene rings is 2. The van der Waals surface area contributed by atoms with Gasteiger partial charge in [0, 0.05) is 14.1 Å². The third-order valence-corrected chi connectivity index (χ3v) is 8.03. The molecule has 0 aliphatic rings. The van der Waals surface area contributed by atoms with Crippen LogP contribution in [-0.2, 0) is 46.4 Å². The van der Waals surface area contributed by atoms with Gasteiger partial charge >= 0.3 is 10.2 Å². The van der Waals surface area contributed by atoms with Crippen LogP contribution in [0.25, 0.3) is 22.1 Å². The molecular weight excluding hydrogens is 590 g/mol. The molecule has 0 aliphatic carbocycles. The standard InChI is InChI=1S/C15H17N5O4S.C13H12N4O2/c1-18(2)25(22,23)20-10-16-14-13(20)8-17-19(15(14)21)11-24-9-12-6-4-3-5-7-12;18-13-12-11(14-8-15-12)6-16-17(13)9-19-7-10-4-2-1-3-5-10/h3-8,10H,9,11H2,1-2H3;1-6,8H,7,9H2,(H,14,15). The number of hydrogen-bond donors (Lipinski definition) is 1. The number of fused-ring (bicyclic) bond motifs is 2. The van der Waals surface area contributed by atoms with E-state index in [0.29, 0.717) is 24.2 Å². The third-order valence-electron chi connectivity index (χ3n) is 6.32. The van der Waals surface area contributed by atoms with E-state index in [4.69, 9.17) is 9.47 Å². The number of nitrogens with zero attached hydrogens (tertiary/aromatic N) is 8. The number of H-pyrrole nitrogens is 1. The molecule has 0 unspecified atom stereocenters. The second-order valence-corrected chi connectivity index (χ2v) is 11.6. The van der Waals surface area contributed by atoms with E-state index in [2.05, 4.69) is 25.1 Å². The number of imidazole rings is 2. The van der Waals surface area contributed by atoms with Gasteiger partial charge in [-0.3, -0.25) is 9.59 Å². The van der Waals surface area contributed by atoms with Gasteiger partial charge < -0.3 is 14.5 Å². The second kappa shape index (κ2) is 13.5. The average Bonchev–Trinajstić information content (AvgIpc) is 3.70. The van der Waals surface area contributed by atoms with E-state index in [-0.39, 0.29) is 30.1 Å². The maximum atomic E-state index is 12.4. The third kappa shape index (κ3) is 6.78. The van der Waals surface area contributed by atoms with Crippen LogP contribution >= 0.6 is 0 Å². The van der Waals surface area contributed by atoms with Crippen LogP contribution in [0.4, 0.5) is 0 Å². The smallest absolute Gasteiger partial charge is 0.308 e. The van der Waals surface area contributed by atoms with E-state index in [0.717, 1.165) is 30.4 Å². The highest BCUT2D eigenvalue weighted by Gasteiger charge is 2.21. The van der Waals surface area contributed by atoms with E-state index in [1.54, 1.807) is 6.20 Å². The Labute approximate surface area is 251 Å². The Morgan fingerprint density at radius 3 is 1.89 bits per heavy atom. The zero-order chi connectivity index (χ0) is 31.1. The van der Waals surface area contributed by atoms with Gasteiger partial charge in [0.1, 0.15) is 25.3 Å². The van der Waals surface area contributed by atoms with Gasteiger partial charge in [0.15, 0.2) is 11.0 Å². The van der Waals surface area contributed by atoms with Crippen molar-refractivity contribution in [3.63, 3.8) is 0 Å². The minimum absolute atomic E-state index is 0.0173. The molecule has 0 aliphatic heterocycles. The first-order valence-corrected chi connectivity index (χ1v) is 14.6. The highest BCUT2D eigenvalue weighted by Crippen LogP contribution is 2.12. The SMILES string of the molecule is CN(C)S(=O)(=O)n1cnc2c(=O)n(COCc3ccccc3)ncc21.O=c1c2nc[nH]c2cnn1COCc1ccccc1. The molecule has 0 saturated carbocycles. The van der Waals surface area contributed by atoms with Crippen LogP contribution in [0.2, 0.25) is 0 Å². The van der Waals surface area contributed by atoms with Crippen molar-refractivity contribution in [3.8, 4) is 0 Å². The first kappa shape index (κ1) is 30.4. The molecule has 0 spiro atoms. The first-order chi connectivity index (χ1) is 21.3. The van der Waals surface area contributed by atoms with E-state index in [9.17, 15) is 18.0 Å².